The van der Waals surface area contributed by atoms with Gasteiger partial charge in [0, 0.05) is 23.2 Å². The number of hydrogen-bond acceptors (Lipinski definition) is 4. The van der Waals surface area contributed by atoms with E-state index >= 15 is 0 Å². The Morgan fingerprint density at radius 1 is 1.04 bits per heavy atom. The van der Waals surface area contributed by atoms with E-state index in [-0.39, 0.29) is 17.3 Å². The number of methoxy groups -OCH3 is 1. The molecule has 2 aromatic carbocycles. The molecule has 1 unspecified atom stereocenters. The van der Waals surface area contributed by atoms with Gasteiger partial charge in [0.2, 0.25) is 0 Å². The molecule has 1 atom stereocenters. The molecule has 3 N–H and O–H groups in total. The number of ether oxygens (including phenoxy) is 1. The second-order valence-electron chi connectivity index (χ2n) is 7.36. The van der Waals surface area contributed by atoms with Gasteiger partial charge in [0.15, 0.2) is 0 Å². The zero-order valence-corrected chi connectivity index (χ0v) is 14.7. The summed E-state index contributed by atoms with van der Waals surface area (Å²) in [7, 11) is 1.38. The monoisotopic (exact) mass is 363 g/mol. The van der Waals surface area contributed by atoms with Gasteiger partial charge in [-0.05, 0) is 29.8 Å². The van der Waals surface area contributed by atoms with Crippen molar-refractivity contribution in [1.29, 1.82) is 0 Å². The summed E-state index contributed by atoms with van der Waals surface area (Å²) in [5, 5.41) is 10.1. The van der Waals surface area contributed by atoms with Crippen LogP contribution < -0.4 is 20.7 Å². The van der Waals surface area contributed by atoms with Crippen LogP contribution in [0.3, 0.4) is 0 Å². The summed E-state index contributed by atoms with van der Waals surface area (Å²) >= 11 is 0. The first-order valence-electron chi connectivity index (χ1n) is 8.40. The molecule has 4 nitrogen and oxygen atoms in total. The van der Waals surface area contributed by atoms with Crippen LogP contribution >= 0.6 is 0 Å². The fourth-order valence-electron chi connectivity index (χ4n) is 3.58. The van der Waals surface area contributed by atoms with Crippen molar-refractivity contribution < 1.29 is 17.9 Å². The molecule has 0 spiro atoms. The third-order valence-corrected chi connectivity index (χ3v) is 5.08. The van der Waals surface area contributed by atoms with Crippen LogP contribution in [0.4, 0.5) is 30.2 Å². The zero-order chi connectivity index (χ0) is 18.7. The van der Waals surface area contributed by atoms with E-state index in [1.165, 1.54) is 18.7 Å². The summed E-state index contributed by atoms with van der Waals surface area (Å²) in [5.74, 6) is 0.198. The lowest BCUT2D eigenvalue weighted by atomic mass is 9.86. The summed E-state index contributed by atoms with van der Waals surface area (Å²) in [6, 6.07) is 7.71. The van der Waals surface area contributed by atoms with Crippen LogP contribution in [0, 0.1) is 0 Å². The van der Waals surface area contributed by atoms with Crippen LogP contribution in [-0.2, 0) is 11.6 Å². The number of benzene rings is 2. The van der Waals surface area contributed by atoms with Gasteiger partial charge in [0.05, 0.1) is 24.0 Å². The molecule has 4 rings (SSSR count). The average Bonchev–Trinajstić information content (AvgIpc) is 3.12. The summed E-state index contributed by atoms with van der Waals surface area (Å²) < 4.78 is 44.0. The Balaban J connectivity index is 1.67. The molecule has 0 aromatic heterocycles. The van der Waals surface area contributed by atoms with Crippen molar-refractivity contribution in [3.63, 3.8) is 0 Å². The van der Waals surface area contributed by atoms with Gasteiger partial charge in [-0.2, -0.15) is 13.2 Å². The van der Waals surface area contributed by atoms with Crippen LogP contribution in [0.2, 0.25) is 0 Å². The molecular formula is C19H20F3N3O. The lowest BCUT2D eigenvalue weighted by molar-refractivity contribution is -0.137. The van der Waals surface area contributed by atoms with Crippen LogP contribution in [0.5, 0.6) is 5.75 Å². The van der Waals surface area contributed by atoms with Crippen molar-refractivity contribution in [2.24, 2.45) is 0 Å². The molecule has 0 saturated heterocycles. The predicted octanol–water partition coefficient (Wildman–Crippen LogP) is 4.95. The summed E-state index contributed by atoms with van der Waals surface area (Å²) in [4.78, 5) is 0. The summed E-state index contributed by atoms with van der Waals surface area (Å²) in [6.45, 7) is 5.23. The average molecular weight is 363 g/mol. The SMILES string of the molecule is COc1cc(C(F)(F)F)ccc1C1Nc2cc3c(cc2N1)C(C)(C)CN3. The number of fused-ring (bicyclic) bond motifs is 2. The first-order valence-corrected chi connectivity index (χ1v) is 8.40. The lowest BCUT2D eigenvalue weighted by Gasteiger charge is -2.18. The van der Waals surface area contributed by atoms with Gasteiger partial charge in [-0.25, -0.2) is 0 Å². The van der Waals surface area contributed by atoms with Gasteiger partial charge in [-0.3, -0.25) is 0 Å². The van der Waals surface area contributed by atoms with E-state index < -0.39 is 11.7 Å². The number of nitrogens with one attached hydrogen (secondary N) is 3. The Morgan fingerprint density at radius 2 is 1.73 bits per heavy atom. The molecular weight excluding hydrogens is 343 g/mol. The van der Waals surface area contributed by atoms with Crippen molar-refractivity contribution in [1.82, 2.24) is 0 Å². The molecule has 0 bridgehead atoms. The summed E-state index contributed by atoms with van der Waals surface area (Å²) in [6.07, 6.45) is -4.75. The second kappa shape index (κ2) is 5.46. The molecule has 0 saturated carbocycles. The molecule has 2 aliphatic heterocycles. The van der Waals surface area contributed by atoms with Crippen molar-refractivity contribution in [3.8, 4) is 5.75 Å². The molecule has 2 aromatic rings. The quantitative estimate of drug-likeness (QED) is 0.706. The van der Waals surface area contributed by atoms with Crippen LogP contribution in [-0.4, -0.2) is 13.7 Å². The Bertz CT molecular complexity index is 877. The maximum absolute atomic E-state index is 12.9. The van der Waals surface area contributed by atoms with E-state index in [0.717, 1.165) is 35.7 Å². The molecule has 0 aliphatic carbocycles. The Hall–Kier alpha value is -2.57. The van der Waals surface area contributed by atoms with E-state index in [9.17, 15) is 13.2 Å². The van der Waals surface area contributed by atoms with Crippen molar-refractivity contribution in [2.45, 2.75) is 31.6 Å². The molecule has 138 valence electrons. The topological polar surface area (TPSA) is 45.3 Å². The molecule has 0 fully saturated rings. The van der Waals surface area contributed by atoms with Crippen molar-refractivity contribution >= 4 is 17.1 Å². The van der Waals surface area contributed by atoms with Crippen molar-refractivity contribution in [2.75, 3.05) is 29.6 Å². The van der Waals surface area contributed by atoms with E-state index in [1.54, 1.807) is 0 Å². The van der Waals surface area contributed by atoms with Crippen LogP contribution in [0.25, 0.3) is 0 Å². The fraction of sp³-hybridized carbons (Fsp3) is 0.368. The largest absolute Gasteiger partial charge is 0.496 e. The number of hydrogen-bond donors (Lipinski definition) is 3. The zero-order valence-electron chi connectivity index (χ0n) is 14.7. The van der Waals surface area contributed by atoms with E-state index in [0.29, 0.717) is 5.56 Å². The number of rotatable bonds is 2. The van der Waals surface area contributed by atoms with Gasteiger partial charge < -0.3 is 20.7 Å². The molecule has 7 heteroatoms. The molecule has 0 amide bonds. The second-order valence-corrected chi connectivity index (χ2v) is 7.36. The highest BCUT2D eigenvalue weighted by Gasteiger charge is 2.35. The van der Waals surface area contributed by atoms with E-state index in [4.69, 9.17) is 4.74 Å². The van der Waals surface area contributed by atoms with Crippen molar-refractivity contribution in [3.05, 3.63) is 47.0 Å². The highest BCUT2D eigenvalue weighted by molar-refractivity contribution is 5.83. The molecule has 0 radical (unpaired) electrons. The Morgan fingerprint density at radius 3 is 2.38 bits per heavy atom. The maximum Gasteiger partial charge on any atom is 0.416 e. The number of alkyl halides is 3. The van der Waals surface area contributed by atoms with Gasteiger partial charge in [-0.15, -0.1) is 0 Å². The van der Waals surface area contributed by atoms with Gasteiger partial charge in [0.25, 0.3) is 0 Å². The predicted molar refractivity (Wildman–Crippen MR) is 95.9 cm³/mol. The summed E-state index contributed by atoms with van der Waals surface area (Å²) in [5.41, 5.74) is 4.11. The van der Waals surface area contributed by atoms with Crippen LogP contribution in [0.15, 0.2) is 30.3 Å². The standard InChI is InChI=1S/C19H20F3N3O/c1-18(2)9-23-13-8-15-14(7-12(13)18)24-17(25-15)11-5-4-10(19(20,21)22)6-16(11)26-3/h4-8,17,23-25H,9H2,1-3H3. The maximum atomic E-state index is 12.9. The highest BCUT2D eigenvalue weighted by Crippen LogP contribution is 2.46. The fourth-order valence-corrected chi connectivity index (χ4v) is 3.58. The highest BCUT2D eigenvalue weighted by atomic mass is 19.4. The third-order valence-electron chi connectivity index (χ3n) is 5.08. The molecule has 2 heterocycles. The lowest BCUT2D eigenvalue weighted by Crippen LogP contribution is -2.19. The minimum Gasteiger partial charge on any atom is -0.496 e. The molecule has 26 heavy (non-hydrogen) atoms. The Kier molecular flexibility index (Phi) is 3.54. The first kappa shape index (κ1) is 16.9. The number of anilines is 3. The van der Waals surface area contributed by atoms with Gasteiger partial charge >= 0.3 is 6.18 Å². The third kappa shape index (κ3) is 2.62. The van der Waals surface area contributed by atoms with Crippen LogP contribution in [0.1, 0.15) is 36.7 Å². The molecule has 2 aliphatic rings. The van der Waals surface area contributed by atoms with Gasteiger partial charge in [-0.1, -0.05) is 19.9 Å². The minimum absolute atomic E-state index is 0.0379. The van der Waals surface area contributed by atoms with E-state index in [2.05, 4.69) is 35.9 Å². The minimum atomic E-state index is -4.40. The van der Waals surface area contributed by atoms with E-state index in [1.807, 2.05) is 6.07 Å². The van der Waals surface area contributed by atoms with Gasteiger partial charge in [0.1, 0.15) is 11.9 Å². The smallest absolute Gasteiger partial charge is 0.416 e. The number of halogens is 3. The first-order chi connectivity index (χ1) is 12.2. The Labute approximate surface area is 149 Å². The normalized spacial score (nSPS) is 19.8.